The monoisotopic (exact) mass is 311 g/mol. The Kier molecular flexibility index (Phi) is 5.00. The van der Waals surface area contributed by atoms with E-state index in [2.05, 4.69) is 5.32 Å². The lowest BCUT2D eigenvalue weighted by Gasteiger charge is -2.25. The van der Waals surface area contributed by atoms with Crippen LogP contribution in [0.1, 0.15) is 36.0 Å². The van der Waals surface area contributed by atoms with Crippen LogP contribution in [0.25, 0.3) is 0 Å². The largest absolute Gasteiger partial charge is 0.393 e. The van der Waals surface area contributed by atoms with Crippen molar-refractivity contribution in [3.63, 3.8) is 0 Å². The van der Waals surface area contributed by atoms with Crippen LogP contribution >= 0.6 is 0 Å². The summed E-state index contributed by atoms with van der Waals surface area (Å²) in [5.41, 5.74) is 0.355. The van der Waals surface area contributed by atoms with Crippen molar-refractivity contribution in [3.05, 3.63) is 29.8 Å². The minimum Gasteiger partial charge on any atom is -0.393 e. The van der Waals surface area contributed by atoms with Gasteiger partial charge in [0.2, 0.25) is 0 Å². The molecule has 1 aromatic carbocycles. The molecule has 116 valence electrons. The molecule has 2 rings (SSSR count). The third-order valence-electron chi connectivity index (χ3n) is 3.89. The lowest BCUT2D eigenvalue weighted by molar-refractivity contribution is 0.0910. The van der Waals surface area contributed by atoms with E-state index in [4.69, 9.17) is 0 Å². The van der Waals surface area contributed by atoms with E-state index >= 15 is 0 Å². The molecule has 0 saturated heterocycles. The van der Waals surface area contributed by atoms with Crippen molar-refractivity contribution in [2.24, 2.45) is 5.92 Å². The second-order valence-electron chi connectivity index (χ2n) is 5.68. The van der Waals surface area contributed by atoms with E-state index in [-0.39, 0.29) is 16.9 Å². The second kappa shape index (κ2) is 6.58. The van der Waals surface area contributed by atoms with Gasteiger partial charge in [-0.1, -0.05) is 6.07 Å². The van der Waals surface area contributed by atoms with Crippen LogP contribution in [0.3, 0.4) is 0 Å². The number of carbonyl (C=O) groups is 1. The molecule has 1 amide bonds. The molecule has 1 fully saturated rings. The first-order valence-corrected chi connectivity index (χ1v) is 9.02. The van der Waals surface area contributed by atoms with Gasteiger partial charge in [-0.3, -0.25) is 4.79 Å². The summed E-state index contributed by atoms with van der Waals surface area (Å²) in [5.74, 6) is 0.127. The molecule has 0 aliphatic heterocycles. The molecule has 0 atom stereocenters. The van der Waals surface area contributed by atoms with Crippen LogP contribution in [0, 0.1) is 5.92 Å². The summed E-state index contributed by atoms with van der Waals surface area (Å²) in [4.78, 5) is 12.2. The zero-order valence-electron chi connectivity index (χ0n) is 12.1. The summed E-state index contributed by atoms with van der Waals surface area (Å²) in [6.07, 6.45) is 4.30. The molecular formula is C15H21NO4S. The van der Waals surface area contributed by atoms with Gasteiger partial charge in [-0.2, -0.15) is 0 Å². The Morgan fingerprint density at radius 1 is 1.29 bits per heavy atom. The Bertz CT molecular complexity index is 604. The molecular weight excluding hydrogens is 290 g/mol. The van der Waals surface area contributed by atoms with E-state index in [0.29, 0.717) is 18.0 Å². The zero-order valence-corrected chi connectivity index (χ0v) is 12.9. The summed E-state index contributed by atoms with van der Waals surface area (Å²) in [6, 6.07) is 6.06. The number of rotatable bonds is 4. The minimum absolute atomic E-state index is 0.149. The lowest BCUT2D eigenvalue weighted by atomic mass is 9.87. The van der Waals surface area contributed by atoms with E-state index in [1.54, 1.807) is 12.1 Å². The van der Waals surface area contributed by atoms with Crippen molar-refractivity contribution in [2.45, 2.75) is 36.7 Å². The average molecular weight is 311 g/mol. The Balaban J connectivity index is 1.95. The fraction of sp³-hybridized carbons (Fsp3) is 0.533. The molecule has 1 aromatic rings. The van der Waals surface area contributed by atoms with Crippen molar-refractivity contribution in [2.75, 3.05) is 12.8 Å². The van der Waals surface area contributed by atoms with Gasteiger partial charge in [0.1, 0.15) is 0 Å². The van der Waals surface area contributed by atoms with Crippen LogP contribution in [0.2, 0.25) is 0 Å². The molecule has 1 aliphatic rings. The van der Waals surface area contributed by atoms with Crippen LogP contribution < -0.4 is 5.32 Å². The number of sulfone groups is 1. The van der Waals surface area contributed by atoms with E-state index in [0.717, 1.165) is 31.9 Å². The highest BCUT2D eigenvalue weighted by Gasteiger charge is 2.20. The first kappa shape index (κ1) is 16.0. The molecule has 1 aliphatic carbocycles. The molecule has 2 N–H and O–H groups in total. The molecule has 5 nitrogen and oxygen atoms in total. The predicted molar refractivity (Wildman–Crippen MR) is 79.8 cm³/mol. The lowest BCUT2D eigenvalue weighted by Crippen LogP contribution is -2.32. The number of aliphatic hydroxyl groups is 1. The quantitative estimate of drug-likeness (QED) is 0.880. The predicted octanol–water partition coefficient (Wildman–Crippen LogP) is 1.37. The standard InChI is InChI=1S/C15H21NO4S/c1-21(19,20)14-4-2-3-12(9-14)15(18)16-10-11-5-7-13(17)8-6-11/h2-4,9,11,13,17H,5-8,10H2,1H3,(H,16,18). The van der Waals surface area contributed by atoms with Gasteiger partial charge in [0.15, 0.2) is 9.84 Å². The SMILES string of the molecule is CS(=O)(=O)c1cccc(C(=O)NCC2CCC(O)CC2)c1. The molecule has 0 bridgehead atoms. The highest BCUT2D eigenvalue weighted by molar-refractivity contribution is 7.90. The molecule has 6 heteroatoms. The summed E-state index contributed by atoms with van der Waals surface area (Å²) in [6.45, 7) is 0.564. The maximum absolute atomic E-state index is 12.1. The van der Waals surface area contributed by atoms with Gasteiger partial charge < -0.3 is 10.4 Å². The fourth-order valence-corrected chi connectivity index (χ4v) is 3.22. The number of benzene rings is 1. The molecule has 0 unspecified atom stereocenters. The van der Waals surface area contributed by atoms with Gasteiger partial charge in [0, 0.05) is 18.4 Å². The number of nitrogens with one attached hydrogen (secondary N) is 1. The van der Waals surface area contributed by atoms with Crippen LogP contribution in [0.5, 0.6) is 0 Å². The Morgan fingerprint density at radius 2 is 1.95 bits per heavy atom. The van der Waals surface area contributed by atoms with Crippen LogP contribution in [-0.2, 0) is 9.84 Å². The van der Waals surface area contributed by atoms with Gasteiger partial charge in [0.05, 0.1) is 11.0 Å². The molecule has 0 spiro atoms. The summed E-state index contributed by atoms with van der Waals surface area (Å²) in [5, 5.41) is 12.3. The smallest absolute Gasteiger partial charge is 0.251 e. The normalized spacial score (nSPS) is 22.8. The highest BCUT2D eigenvalue weighted by atomic mass is 32.2. The van der Waals surface area contributed by atoms with Gasteiger partial charge in [0.25, 0.3) is 5.91 Å². The van der Waals surface area contributed by atoms with E-state index in [1.807, 2.05) is 0 Å². The summed E-state index contributed by atoms with van der Waals surface area (Å²) < 4.78 is 23.0. The summed E-state index contributed by atoms with van der Waals surface area (Å²) in [7, 11) is -3.31. The van der Waals surface area contributed by atoms with Gasteiger partial charge in [-0.25, -0.2) is 8.42 Å². The zero-order chi connectivity index (χ0) is 15.5. The number of amides is 1. The second-order valence-corrected chi connectivity index (χ2v) is 7.70. The van der Waals surface area contributed by atoms with E-state index in [1.165, 1.54) is 12.1 Å². The maximum atomic E-state index is 12.1. The highest BCUT2D eigenvalue weighted by Crippen LogP contribution is 2.23. The Labute approximate surface area is 125 Å². The average Bonchev–Trinajstić information content (AvgIpc) is 2.45. The van der Waals surface area contributed by atoms with Crippen molar-refractivity contribution < 1.29 is 18.3 Å². The van der Waals surface area contributed by atoms with E-state index in [9.17, 15) is 18.3 Å². The Morgan fingerprint density at radius 3 is 2.57 bits per heavy atom. The van der Waals surface area contributed by atoms with Crippen LogP contribution in [0.4, 0.5) is 0 Å². The summed E-state index contributed by atoms with van der Waals surface area (Å²) >= 11 is 0. The molecule has 0 radical (unpaired) electrons. The number of carbonyl (C=O) groups excluding carboxylic acids is 1. The Hall–Kier alpha value is -1.40. The minimum atomic E-state index is -3.31. The third-order valence-corrected chi connectivity index (χ3v) is 5.00. The van der Waals surface area contributed by atoms with Crippen molar-refractivity contribution in [1.82, 2.24) is 5.32 Å². The van der Waals surface area contributed by atoms with Gasteiger partial charge in [-0.15, -0.1) is 0 Å². The number of aliphatic hydroxyl groups excluding tert-OH is 1. The van der Waals surface area contributed by atoms with Gasteiger partial charge >= 0.3 is 0 Å². The van der Waals surface area contributed by atoms with E-state index < -0.39 is 9.84 Å². The maximum Gasteiger partial charge on any atom is 0.251 e. The van der Waals surface area contributed by atoms with Crippen molar-refractivity contribution in [3.8, 4) is 0 Å². The first-order valence-electron chi connectivity index (χ1n) is 7.12. The number of hydrogen-bond donors (Lipinski definition) is 2. The molecule has 21 heavy (non-hydrogen) atoms. The molecule has 0 aromatic heterocycles. The first-order chi connectivity index (χ1) is 9.86. The van der Waals surface area contributed by atoms with Crippen LogP contribution in [-0.4, -0.2) is 38.3 Å². The van der Waals surface area contributed by atoms with Gasteiger partial charge in [-0.05, 0) is 49.8 Å². The van der Waals surface area contributed by atoms with Crippen molar-refractivity contribution in [1.29, 1.82) is 0 Å². The molecule has 0 heterocycles. The van der Waals surface area contributed by atoms with Crippen molar-refractivity contribution >= 4 is 15.7 Å². The third kappa shape index (κ3) is 4.54. The number of hydrogen-bond acceptors (Lipinski definition) is 4. The van der Waals surface area contributed by atoms with Crippen LogP contribution in [0.15, 0.2) is 29.2 Å². The topological polar surface area (TPSA) is 83.5 Å². The molecule has 1 saturated carbocycles. The fourth-order valence-electron chi connectivity index (χ4n) is 2.56.